The van der Waals surface area contributed by atoms with Gasteiger partial charge >= 0.3 is 0 Å². The van der Waals surface area contributed by atoms with Crippen molar-refractivity contribution >= 4 is 11.5 Å². The van der Waals surface area contributed by atoms with Gasteiger partial charge in [-0.2, -0.15) is 0 Å². The van der Waals surface area contributed by atoms with E-state index in [0.29, 0.717) is 6.42 Å². The van der Waals surface area contributed by atoms with Crippen molar-refractivity contribution in [2.24, 2.45) is 10.9 Å². The van der Waals surface area contributed by atoms with Crippen LogP contribution in [0.25, 0.3) is 0 Å². The van der Waals surface area contributed by atoms with Gasteiger partial charge in [-0.05, 0) is 31.9 Å². The third-order valence-corrected chi connectivity index (χ3v) is 2.44. The van der Waals surface area contributed by atoms with E-state index in [9.17, 15) is 0 Å². The SMILES string of the molecule is Cc1ccc(NCCCC(N)=NO)c(C)c1. The molecule has 0 heterocycles. The molecule has 0 aliphatic heterocycles. The highest BCUT2D eigenvalue weighted by Gasteiger charge is 1.98. The van der Waals surface area contributed by atoms with Gasteiger partial charge in [-0.25, -0.2) is 0 Å². The predicted molar refractivity (Wildman–Crippen MR) is 67.0 cm³/mol. The lowest BCUT2D eigenvalue weighted by Crippen LogP contribution is -2.13. The fraction of sp³-hybridized carbons (Fsp3) is 0.417. The standard InChI is InChI=1S/C12H19N3O/c1-9-5-6-11(10(2)8-9)14-7-3-4-12(13)15-16/h5-6,8,14,16H,3-4,7H2,1-2H3,(H2,13,15). The maximum absolute atomic E-state index is 8.37. The maximum Gasteiger partial charge on any atom is 0.139 e. The van der Waals surface area contributed by atoms with Gasteiger partial charge in [0.2, 0.25) is 0 Å². The quantitative estimate of drug-likeness (QED) is 0.235. The minimum Gasteiger partial charge on any atom is -0.409 e. The van der Waals surface area contributed by atoms with Gasteiger partial charge in [0.05, 0.1) is 0 Å². The first-order chi connectivity index (χ1) is 7.63. The molecule has 0 saturated heterocycles. The Labute approximate surface area is 96.2 Å². The lowest BCUT2D eigenvalue weighted by molar-refractivity contribution is 0.316. The van der Waals surface area contributed by atoms with Gasteiger partial charge in [0.1, 0.15) is 5.84 Å². The highest BCUT2D eigenvalue weighted by Crippen LogP contribution is 2.15. The van der Waals surface area contributed by atoms with Crippen LogP contribution in [-0.2, 0) is 0 Å². The Morgan fingerprint density at radius 1 is 1.44 bits per heavy atom. The van der Waals surface area contributed by atoms with E-state index in [4.69, 9.17) is 10.9 Å². The zero-order valence-electron chi connectivity index (χ0n) is 9.83. The minimum absolute atomic E-state index is 0.280. The lowest BCUT2D eigenvalue weighted by Gasteiger charge is -2.09. The van der Waals surface area contributed by atoms with Crippen molar-refractivity contribution in [1.29, 1.82) is 0 Å². The summed E-state index contributed by atoms with van der Waals surface area (Å²) in [4.78, 5) is 0. The largest absolute Gasteiger partial charge is 0.409 e. The zero-order valence-corrected chi connectivity index (χ0v) is 9.83. The van der Waals surface area contributed by atoms with Crippen LogP contribution < -0.4 is 11.1 Å². The van der Waals surface area contributed by atoms with E-state index in [1.165, 1.54) is 11.1 Å². The fourth-order valence-corrected chi connectivity index (χ4v) is 1.55. The molecule has 0 atom stereocenters. The number of hydrogen-bond donors (Lipinski definition) is 3. The molecule has 0 aromatic heterocycles. The van der Waals surface area contributed by atoms with Crippen molar-refractivity contribution in [3.05, 3.63) is 29.3 Å². The van der Waals surface area contributed by atoms with Crippen LogP contribution in [0.5, 0.6) is 0 Å². The van der Waals surface area contributed by atoms with Crippen LogP contribution >= 0.6 is 0 Å². The van der Waals surface area contributed by atoms with E-state index < -0.39 is 0 Å². The molecule has 4 nitrogen and oxygen atoms in total. The number of nitrogens with zero attached hydrogens (tertiary/aromatic N) is 1. The third kappa shape index (κ3) is 3.81. The van der Waals surface area contributed by atoms with E-state index in [-0.39, 0.29) is 5.84 Å². The Balaban J connectivity index is 2.37. The number of hydrogen-bond acceptors (Lipinski definition) is 3. The Morgan fingerprint density at radius 2 is 2.19 bits per heavy atom. The summed E-state index contributed by atoms with van der Waals surface area (Å²) in [5, 5.41) is 14.6. The van der Waals surface area contributed by atoms with Gasteiger partial charge in [0, 0.05) is 18.7 Å². The molecule has 0 spiro atoms. The summed E-state index contributed by atoms with van der Waals surface area (Å²) < 4.78 is 0. The van der Waals surface area contributed by atoms with Crippen LogP contribution in [0.3, 0.4) is 0 Å². The van der Waals surface area contributed by atoms with Crippen LogP contribution in [0.4, 0.5) is 5.69 Å². The molecule has 0 aliphatic carbocycles. The average Bonchev–Trinajstić information content (AvgIpc) is 2.26. The normalized spacial score (nSPS) is 11.5. The van der Waals surface area contributed by atoms with E-state index in [1.807, 2.05) is 0 Å². The molecule has 0 radical (unpaired) electrons. The molecule has 88 valence electrons. The first kappa shape index (κ1) is 12.4. The van der Waals surface area contributed by atoms with Crippen molar-refractivity contribution in [1.82, 2.24) is 0 Å². The monoisotopic (exact) mass is 221 g/mol. The van der Waals surface area contributed by atoms with Gasteiger partial charge in [-0.3, -0.25) is 0 Å². The molecule has 4 N–H and O–H groups in total. The molecule has 1 rings (SSSR count). The van der Waals surface area contributed by atoms with Crippen LogP contribution in [0.2, 0.25) is 0 Å². The summed E-state index contributed by atoms with van der Waals surface area (Å²) in [5.74, 6) is 0.280. The number of nitrogens with two attached hydrogens (primary N) is 1. The Hall–Kier alpha value is -1.71. The third-order valence-electron chi connectivity index (χ3n) is 2.44. The molecular formula is C12H19N3O. The van der Waals surface area contributed by atoms with Crippen LogP contribution in [0.15, 0.2) is 23.4 Å². The number of nitrogens with one attached hydrogen (secondary N) is 1. The van der Waals surface area contributed by atoms with Crippen molar-refractivity contribution in [3.8, 4) is 0 Å². The van der Waals surface area contributed by atoms with Crippen molar-refractivity contribution < 1.29 is 5.21 Å². The van der Waals surface area contributed by atoms with Gasteiger partial charge in [-0.15, -0.1) is 0 Å². The molecule has 4 heteroatoms. The number of benzene rings is 1. The number of anilines is 1. The molecule has 0 unspecified atom stereocenters. The smallest absolute Gasteiger partial charge is 0.139 e. The number of oxime groups is 1. The molecule has 0 fully saturated rings. The lowest BCUT2D eigenvalue weighted by atomic mass is 10.1. The van der Waals surface area contributed by atoms with Crippen molar-refractivity contribution in [2.45, 2.75) is 26.7 Å². The first-order valence-electron chi connectivity index (χ1n) is 5.41. The fourth-order valence-electron chi connectivity index (χ4n) is 1.55. The van der Waals surface area contributed by atoms with E-state index in [0.717, 1.165) is 18.7 Å². The molecule has 16 heavy (non-hydrogen) atoms. The molecule has 0 aliphatic rings. The molecule has 0 amide bonds. The van der Waals surface area contributed by atoms with Gasteiger partial charge in [0.25, 0.3) is 0 Å². The number of amidine groups is 1. The summed E-state index contributed by atoms with van der Waals surface area (Å²) in [7, 11) is 0. The Kier molecular flexibility index (Phi) is 4.64. The van der Waals surface area contributed by atoms with E-state index >= 15 is 0 Å². The first-order valence-corrected chi connectivity index (χ1v) is 5.41. The average molecular weight is 221 g/mol. The predicted octanol–water partition coefficient (Wildman–Crippen LogP) is 2.24. The highest BCUT2D eigenvalue weighted by atomic mass is 16.4. The van der Waals surface area contributed by atoms with Gasteiger partial charge in [-0.1, -0.05) is 22.9 Å². The summed E-state index contributed by atoms with van der Waals surface area (Å²) in [6, 6.07) is 6.30. The minimum atomic E-state index is 0.280. The Bertz CT molecular complexity index is 375. The zero-order chi connectivity index (χ0) is 12.0. The molecule has 1 aromatic carbocycles. The summed E-state index contributed by atoms with van der Waals surface area (Å²) >= 11 is 0. The topological polar surface area (TPSA) is 70.6 Å². The van der Waals surface area contributed by atoms with Crippen molar-refractivity contribution in [3.63, 3.8) is 0 Å². The van der Waals surface area contributed by atoms with Crippen LogP contribution in [0, 0.1) is 13.8 Å². The number of aryl methyl sites for hydroxylation is 2. The van der Waals surface area contributed by atoms with E-state index in [2.05, 4.69) is 42.5 Å². The summed E-state index contributed by atoms with van der Waals surface area (Å²) in [6.45, 7) is 4.98. The number of rotatable bonds is 5. The molecule has 1 aromatic rings. The van der Waals surface area contributed by atoms with Crippen LogP contribution in [-0.4, -0.2) is 17.6 Å². The van der Waals surface area contributed by atoms with E-state index in [1.54, 1.807) is 0 Å². The summed E-state index contributed by atoms with van der Waals surface area (Å²) in [6.07, 6.45) is 1.46. The Morgan fingerprint density at radius 3 is 2.81 bits per heavy atom. The maximum atomic E-state index is 8.37. The molecular weight excluding hydrogens is 202 g/mol. The molecule has 0 bridgehead atoms. The van der Waals surface area contributed by atoms with Gasteiger partial charge < -0.3 is 16.3 Å². The van der Waals surface area contributed by atoms with Crippen molar-refractivity contribution in [2.75, 3.05) is 11.9 Å². The second-order valence-electron chi connectivity index (χ2n) is 3.94. The van der Waals surface area contributed by atoms with Crippen LogP contribution in [0.1, 0.15) is 24.0 Å². The second kappa shape index (κ2) is 6.00. The van der Waals surface area contributed by atoms with Gasteiger partial charge in [0.15, 0.2) is 0 Å². The highest BCUT2D eigenvalue weighted by molar-refractivity contribution is 5.79. The molecule has 0 saturated carbocycles. The second-order valence-corrected chi connectivity index (χ2v) is 3.94. The summed E-state index contributed by atoms with van der Waals surface area (Å²) in [5.41, 5.74) is 9.02.